The molecular formula is C30H56O4. The molecule has 0 aromatic rings. The summed E-state index contributed by atoms with van der Waals surface area (Å²) >= 11 is 0. The van der Waals surface area contributed by atoms with Crippen LogP contribution in [0.25, 0.3) is 0 Å². The lowest BCUT2D eigenvalue weighted by molar-refractivity contribution is -0.161. The van der Waals surface area contributed by atoms with E-state index in [1.165, 1.54) is 77.0 Å². The molecule has 0 aliphatic heterocycles. The molecule has 1 saturated carbocycles. The molecule has 1 aliphatic carbocycles. The fourth-order valence-corrected chi connectivity index (χ4v) is 5.18. The van der Waals surface area contributed by atoms with Crippen LogP contribution in [-0.2, 0) is 19.1 Å². The minimum absolute atomic E-state index is 0.175. The van der Waals surface area contributed by atoms with Crippen molar-refractivity contribution in [1.29, 1.82) is 0 Å². The fraction of sp³-hybridized carbons (Fsp3) is 0.933. The van der Waals surface area contributed by atoms with E-state index in [0.29, 0.717) is 19.1 Å². The lowest BCUT2D eigenvalue weighted by Gasteiger charge is -2.23. The second-order valence-electron chi connectivity index (χ2n) is 10.8. The summed E-state index contributed by atoms with van der Waals surface area (Å²) in [4.78, 5) is 25.8. The average molecular weight is 481 g/mol. The SMILES string of the molecule is CCCCCCCCCCOC(=O)C1CCCC(C)CC1C(=O)OCCCCCCCCCC. The normalized spacial score (nSPS) is 20.6. The van der Waals surface area contributed by atoms with Crippen LogP contribution in [0, 0.1) is 17.8 Å². The maximum absolute atomic E-state index is 12.9. The first kappa shape index (κ1) is 31.0. The Bertz CT molecular complexity index is 504. The first-order valence-corrected chi connectivity index (χ1v) is 14.9. The smallest absolute Gasteiger partial charge is 0.309 e. The van der Waals surface area contributed by atoms with Crippen molar-refractivity contribution >= 4 is 11.9 Å². The van der Waals surface area contributed by atoms with Crippen molar-refractivity contribution in [3.8, 4) is 0 Å². The van der Waals surface area contributed by atoms with Crippen LogP contribution in [0.3, 0.4) is 0 Å². The summed E-state index contributed by atoms with van der Waals surface area (Å²) in [6.07, 6.45) is 23.2. The minimum atomic E-state index is -0.336. The van der Waals surface area contributed by atoms with Crippen molar-refractivity contribution in [1.82, 2.24) is 0 Å². The van der Waals surface area contributed by atoms with Crippen LogP contribution < -0.4 is 0 Å². The highest BCUT2D eigenvalue weighted by Crippen LogP contribution is 2.34. The van der Waals surface area contributed by atoms with Crippen molar-refractivity contribution < 1.29 is 19.1 Å². The Labute approximate surface area is 211 Å². The van der Waals surface area contributed by atoms with Crippen molar-refractivity contribution in [2.75, 3.05) is 13.2 Å². The first-order valence-electron chi connectivity index (χ1n) is 14.9. The lowest BCUT2D eigenvalue weighted by Crippen LogP contribution is -2.33. The molecule has 34 heavy (non-hydrogen) atoms. The largest absolute Gasteiger partial charge is 0.465 e. The number of carbonyl (C=O) groups is 2. The molecule has 1 aliphatic rings. The predicted molar refractivity (Wildman–Crippen MR) is 142 cm³/mol. The van der Waals surface area contributed by atoms with Gasteiger partial charge in [0.05, 0.1) is 25.0 Å². The molecule has 4 nitrogen and oxygen atoms in total. The molecule has 0 spiro atoms. The van der Waals surface area contributed by atoms with Crippen LogP contribution in [0.1, 0.15) is 149 Å². The maximum Gasteiger partial charge on any atom is 0.309 e. The van der Waals surface area contributed by atoms with Gasteiger partial charge in [-0.1, -0.05) is 124 Å². The van der Waals surface area contributed by atoms with Crippen LogP contribution in [-0.4, -0.2) is 25.2 Å². The number of carbonyl (C=O) groups excluding carboxylic acids is 2. The number of unbranched alkanes of at least 4 members (excludes halogenated alkanes) is 14. The van der Waals surface area contributed by atoms with E-state index in [1.807, 2.05) is 0 Å². The highest BCUT2D eigenvalue weighted by Gasteiger charge is 2.38. The van der Waals surface area contributed by atoms with Crippen LogP contribution in [0.2, 0.25) is 0 Å². The molecule has 0 heterocycles. The topological polar surface area (TPSA) is 52.6 Å². The Morgan fingerprint density at radius 2 is 1.00 bits per heavy atom. The molecule has 1 rings (SSSR count). The van der Waals surface area contributed by atoms with Gasteiger partial charge in [-0.05, 0) is 31.6 Å². The third-order valence-corrected chi connectivity index (χ3v) is 7.44. The second-order valence-corrected chi connectivity index (χ2v) is 10.8. The van der Waals surface area contributed by atoms with Crippen LogP contribution >= 0.6 is 0 Å². The van der Waals surface area contributed by atoms with Crippen molar-refractivity contribution in [2.24, 2.45) is 17.8 Å². The predicted octanol–water partition coefficient (Wildman–Crippen LogP) is 8.80. The van der Waals surface area contributed by atoms with Crippen molar-refractivity contribution in [3.63, 3.8) is 0 Å². The standard InChI is InChI=1S/C30H56O4/c1-4-6-8-10-12-14-16-18-23-33-29(31)27-22-20-21-26(3)25-28(27)30(32)34-24-19-17-15-13-11-9-7-5-2/h26-28H,4-25H2,1-3H3. The number of hydrogen-bond acceptors (Lipinski definition) is 4. The van der Waals surface area contributed by atoms with Crippen molar-refractivity contribution in [2.45, 2.75) is 149 Å². The van der Waals surface area contributed by atoms with Gasteiger partial charge in [-0.15, -0.1) is 0 Å². The van der Waals surface area contributed by atoms with E-state index in [2.05, 4.69) is 20.8 Å². The monoisotopic (exact) mass is 480 g/mol. The Kier molecular flexibility index (Phi) is 19.3. The molecule has 4 heteroatoms. The maximum atomic E-state index is 12.9. The van der Waals surface area contributed by atoms with Crippen LogP contribution in [0.4, 0.5) is 0 Å². The molecule has 0 N–H and O–H groups in total. The molecule has 3 unspecified atom stereocenters. The van der Waals surface area contributed by atoms with E-state index in [0.717, 1.165) is 51.4 Å². The third-order valence-electron chi connectivity index (χ3n) is 7.44. The summed E-state index contributed by atoms with van der Waals surface area (Å²) in [5, 5.41) is 0. The molecule has 0 bridgehead atoms. The summed E-state index contributed by atoms with van der Waals surface area (Å²) in [6, 6.07) is 0. The van der Waals surface area contributed by atoms with Crippen LogP contribution in [0.15, 0.2) is 0 Å². The molecular weight excluding hydrogens is 424 g/mol. The van der Waals surface area contributed by atoms with Crippen molar-refractivity contribution in [3.05, 3.63) is 0 Å². The molecule has 0 aromatic carbocycles. The molecule has 200 valence electrons. The quantitative estimate of drug-likeness (QED) is 0.0992. The summed E-state index contributed by atoms with van der Waals surface area (Å²) in [6.45, 7) is 7.64. The molecule has 0 saturated heterocycles. The molecule has 0 radical (unpaired) electrons. The molecule has 3 atom stereocenters. The summed E-state index contributed by atoms with van der Waals surface area (Å²) in [5.74, 6) is -0.564. The average Bonchev–Trinajstić information content (AvgIpc) is 3.03. The second kappa shape index (κ2) is 21.2. The molecule has 1 fully saturated rings. The zero-order valence-corrected chi connectivity index (χ0v) is 22.9. The van der Waals surface area contributed by atoms with Gasteiger partial charge in [-0.25, -0.2) is 0 Å². The zero-order valence-electron chi connectivity index (χ0n) is 22.9. The van der Waals surface area contributed by atoms with E-state index in [9.17, 15) is 9.59 Å². The Morgan fingerprint density at radius 3 is 1.47 bits per heavy atom. The summed E-state index contributed by atoms with van der Waals surface area (Å²) < 4.78 is 11.3. The summed E-state index contributed by atoms with van der Waals surface area (Å²) in [5.41, 5.74) is 0. The van der Waals surface area contributed by atoms with Gasteiger partial charge in [0, 0.05) is 0 Å². The minimum Gasteiger partial charge on any atom is -0.465 e. The Morgan fingerprint density at radius 1 is 0.588 bits per heavy atom. The van der Waals surface area contributed by atoms with Crippen LogP contribution in [0.5, 0.6) is 0 Å². The number of esters is 2. The first-order chi connectivity index (χ1) is 16.6. The Hall–Kier alpha value is -1.06. The van der Waals surface area contributed by atoms with E-state index in [-0.39, 0.29) is 23.8 Å². The molecule has 0 aromatic heterocycles. The Balaban J connectivity index is 2.30. The number of rotatable bonds is 20. The highest BCUT2D eigenvalue weighted by molar-refractivity contribution is 5.82. The highest BCUT2D eigenvalue weighted by atomic mass is 16.5. The summed E-state index contributed by atoms with van der Waals surface area (Å²) in [7, 11) is 0. The van der Waals surface area contributed by atoms with Gasteiger partial charge in [-0.2, -0.15) is 0 Å². The lowest BCUT2D eigenvalue weighted by atomic mass is 9.86. The van der Waals surface area contributed by atoms with Gasteiger partial charge >= 0.3 is 11.9 Å². The van der Waals surface area contributed by atoms with E-state index < -0.39 is 0 Å². The van der Waals surface area contributed by atoms with Gasteiger partial charge in [0.1, 0.15) is 0 Å². The number of ether oxygens (including phenoxy) is 2. The van der Waals surface area contributed by atoms with Gasteiger partial charge < -0.3 is 9.47 Å². The van der Waals surface area contributed by atoms with E-state index >= 15 is 0 Å². The van der Waals surface area contributed by atoms with E-state index in [1.54, 1.807) is 0 Å². The zero-order chi connectivity index (χ0) is 24.9. The molecule has 0 amide bonds. The van der Waals surface area contributed by atoms with Gasteiger partial charge in [-0.3, -0.25) is 9.59 Å². The van der Waals surface area contributed by atoms with Gasteiger partial charge in [0.25, 0.3) is 0 Å². The number of hydrogen-bond donors (Lipinski definition) is 0. The fourth-order valence-electron chi connectivity index (χ4n) is 5.18. The van der Waals surface area contributed by atoms with Gasteiger partial charge in [0.2, 0.25) is 0 Å². The van der Waals surface area contributed by atoms with Gasteiger partial charge in [0.15, 0.2) is 0 Å². The third kappa shape index (κ3) is 15.0. The van der Waals surface area contributed by atoms with E-state index in [4.69, 9.17) is 9.47 Å².